The molecule has 1 aromatic carbocycles. The minimum Gasteiger partial charge on any atom is -0.312 e. The number of hydrogen-bond donors (Lipinski definition) is 1. The first-order chi connectivity index (χ1) is 8.60. The van der Waals surface area contributed by atoms with Gasteiger partial charge in [-0.25, -0.2) is 4.39 Å². The number of nitrogens with one attached hydrogen (secondary N) is 1. The molecule has 1 unspecified atom stereocenters. The molecule has 18 heavy (non-hydrogen) atoms. The molecule has 2 rings (SSSR count). The summed E-state index contributed by atoms with van der Waals surface area (Å²) in [5, 5.41) is 5.32. The smallest absolute Gasteiger partial charge is 0.124 e. The van der Waals surface area contributed by atoms with Crippen molar-refractivity contribution in [3.8, 4) is 0 Å². The third-order valence-corrected chi connectivity index (χ3v) is 5.11. The van der Waals surface area contributed by atoms with Crippen LogP contribution in [0.3, 0.4) is 0 Å². The fourth-order valence-electron chi connectivity index (χ4n) is 1.84. The minimum atomic E-state index is -0.209. The second kappa shape index (κ2) is 6.28. The van der Waals surface area contributed by atoms with Gasteiger partial charge in [0, 0.05) is 19.9 Å². The quantitative estimate of drug-likeness (QED) is 0.778. The highest BCUT2D eigenvalue weighted by molar-refractivity contribution is 9.10. The van der Waals surface area contributed by atoms with E-state index in [0.717, 1.165) is 20.9 Å². The highest BCUT2D eigenvalue weighted by Gasteiger charge is 2.15. The summed E-state index contributed by atoms with van der Waals surface area (Å²) < 4.78 is 15.2. The zero-order chi connectivity index (χ0) is 13.1. The molecule has 1 N–H and O–H groups in total. The zero-order valence-corrected chi connectivity index (χ0v) is 13.7. The third-order valence-electron chi connectivity index (χ3n) is 2.67. The molecular formula is C13H12Br2FNS. The van der Waals surface area contributed by atoms with Crippen molar-refractivity contribution in [3.63, 3.8) is 0 Å². The molecule has 1 nitrogen and oxygen atoms in total. The van der Waals surface area contributed by atoms with Crippen molar-refractivity contribution in [1.29, 1.82) is 0 Å². The van der Waals surface area contributed by atoms with Gasteiger partial charge in [-0.2, -0.15) is 0 Å². The molecule has 2 aromatic rings. The Morgan fingerprint density at radius 2 is 2.11 bits per heavy atom. The van der Waals surface area contributed by atoms with E-state index in [1.165, 1.54) is 10.9 Å². The number of thiophene rings is 1. The minimum absolute atomic E-state index is 0.188. The summed E-state index contributed by atoms with van der Waals surface area (Å²) in [6.07, 6.45) is 0.756. The summed E-state index contributed by atoms with van der Waals surface area (Å²) in [4.78, 5) is 1.23. The standard InChI is InChI=1S/C13H12Br2FNS/c1-17-12(13-11(15)2-3-18-13)6-8-4-9(14)7-10(16)5-8/h2-5,7,12,17H,6H2,1H3. The van der Waals surface area contributed by atoms with Gasteiger partial charge in [0.1, 0.15) is 5.82 Å². The Morgan fingerprint density at radius 3 is 2.67 bits per heavy atom. The van der Waals surface area contributed by atoms with Gasteiger partial charge in [-0.1, -0.05) is 15.9 Å². The fraction of sp³-hybridized carbons (Fsp3) is 0.231. The maximum Gasteiger partial charge on any atom is 0.124 e. The van der Waals surface area contributed by atoms with E-state index in [-0.39, 0.29) is 11.9 Å². The van der Waals surface area contributed by atoms with E-state index in [9.17, 15) is 4.39 Å². The summed E-state index contributed by atoms with van der Waals surface area (Å²) in [5.74, 6) is -0.209. The summed E-state index contributed by atoms with van der Waals surface area (Å²) in [6, 6.07) is 7.23. The maximum absolute atomic E-state index is 13.3. The summed E-state index contributed by atoms with van der Waals surface area (Å²) in [6.45, 7) is 0. The van der Waals surface area contributed by atoms with E-state index >= 15 is 0 Å². The molecule has 0 aliphatic heterocycles. The van der Waals surface area contributed by atoms with Crippen LogP contribution >= 0.6 is 43.2 Å². The van der Waals surface area contributed by atoms with Crippen molar-refractivity contribution < 1.29 is 4.39 Å². The zero-order valence-electron chi connectivity index (χ0n) is 9.71. The molecule has 0 bridgehead atoms. The van der Waals surface area contributed by atoms with Crippen molar-refractivity contribution in [2.24, 2.45) is 0 Å². The fourth-order valence-corrected chi connectivity index (χ4v) is 4.12. The average Bonchev–Trinajstić information content (AvgIpc) is 2.71. The number of rotatable bonds is 4. The monoisotopic (exact) mass is 391 g/mol. The SMILES string of the molecule is CNC(Cc1cc(F)cc(Br)c1)c1sccc1Br. The predicted molar refractivity (Wildman–Crippen MR) is 81.6 cm³/mol. The lowest BCUT2D eigenvalue weighted by Gasteiger charge is -2.15. The lowest BCUT2D eigenvalue weighted by Crippen LogP contribution is -2.18. The Bertz CT molecular complexity index is 521. The van der Waals surface area contributed by atoms with E-state index < -0.39 is 0 Å². The Morgan fingerprint density at radius 1 is 1.33 bits per heavy atom. The first-order valence-corrected chi connectivity index (χ1v) is 7.92. The Balaban J connectivity index is 2.23. The molecule has 0 saturated heterocycles. The van der Waals surface area contributed by atoms with E-state index in [1.54, 1.807) is 17.4 Å². The molecule has 0 saturated carbocycles. The highest BCUT2D eigenvalue weighted by atomic mass is 79.9. The van der Waals surface area contributed by atoms with Gasteiger partial charge >= 0.3 is 0 Å². The molecule has 1 aromatic heterocycles. The van der Waals surface area contributed by atoms with Crippen LogP contribution in [0.4, 0.5) is 4.39 Å². The van der Waals surface area contributed by atoms with Crippen LogP contribution < -0.4 is 5.32 Å². The van der Waals surface area contributed by atoms with Crippen molar-refractivity contribution in [3.05, 3.63) is 54.8 Å². The molecule has 0 radical (unpaired) electrons. The maximum atomic E-state index is 13.3. The predicted octanol–water partition coefficient (Wildman–Crippen LogP) is 4.92. The van der Waals surface area contributed by atoms with Gasteiger partial charge in [0.15, 0.2) is 0 Å². The van der Waals surface area contributed by atoms with Crippen LogP contribution in [0.5, 0.6) is 0 Å². The molecule has 1 heterocycles. The van der Waals surface area contributed by atoms with Crippen molar-refractivity contribution in [2.75, 3.05) is 7.05 Å². The lowest BCUT2D eigenvalue weighted by atomic mass is 10.0. The van der Waals surface area contributed by atoms with Crippen molar-refractivity contribution in [1.82, 2.24) is 5.32 Å². The Labute approximate surface area is 127 Å². The molecule has 0 aliphatic rings. The topological polar surface area (TPSA) is 12.0 Å². The summed E-state index contributed by atoms with van der Waals surface area (Å²) in [7, 11) is 1.92. The Hall–Kier alpha value is -0.230. The molecule has 0 fully saturated rings. The average molecular weight is 393 g/mol. The van der Waals surface area contributed by atoms with Crippen LogP contribution in [0.2, 0.25) is 0 Å². The molecule has 0 amide bonds. The second-order valence-electron chi connectivity index (χ2n) is 3.96. The van der Waals surface area contributed by atoms with Crippen LogP contribution in [0.1, 0.15) is 16.5 Å². The van der Waals surface area contributed by atoms with E-state index in [2.05, 4.69) is 37.2 Å². The van der Waals surface area contributed by atoms with E-state index in [0.29, 0.717) is 0 Å². The first-order valence-electron chi connectivity index (χ1n) is 5.45. The number of benzene rings is 1. The summed E-state index contributed by atoms with van der Waals surface area (Å²) >= 11 is 8.55. The molecule has 0 aliphatic carbocycles. The van der Waals surface area contributed by atoms with E-state index in [4.69, 9.17) is 0 Å². The molecule has 96 valence electrons. The van der Waals surface area contributed by atoms with Crippen LogP contribution in [-0.2, 0) is 6.42 Å². The van der Waals surface area contributed by atoms with Crippen LogP contribution in [0, 0.1) is 5.82 Å². The van der Waals surface area contributed by atoms with Crippen LogP contribution in [0.15, 0.2) is 38.6 Å². The van der Waals surface area contributed by atoms with Gasteiger partial charge in [0.05, 0.1) is 0 Å². The van der Waals surface area contributed by atoms with Crippen LogP contribution in [0.25, 0.3) is 0 Å². The lowest BCUT2D eigenvalue weighted by molar-refractivity contribution is 0.590. The normalized spacial score (nSPS) is 12.7. The third kappa shape index (κ3) is 3.41. The summed E-state index contributed by atoms with van der Waals surface area (Å²) in [5.41, 5.74) is 0.974. The van der Waals surface area contributed by atoms with Gasteiger partial charge in [-0.05, 0) is 64.6 Å². The van der Waals surface area contributed by atoms with Gasteiger partial charge in [-0.15, -0.1) is 11.3 Å². The number of likely N-dealkylation sites (N-methyl/N-ethyl adjacent to an activating group) is 1. The molecule has 5 heteroatoms. The highest BCUT2D eigenvalue weighted by Crippen LogP contribution is 2.31. The van der Waals surface area contributed by atoms with Gasteiger partial charge in [0.2, 0.25) is 0 Å². The van der Waals surface area contributed by atoms with Crippen LogP contribution in [-0.4, -0.2) is 7.05 Å². The van der Waals surface area contributed by atoms with E-state index in [1.807, 2.05) is 24.6 Å². The number of hydrogen-bond acceptors (Lipinski definition) is 2. The van der Waals surface area contributed by atoms with Gasteiger partial charge in [0.25, 0.3) is 0 Å². The molecule has 0 spiro atoms. The van der Waals surface area contributed by atoms with Gasteiger partial charge < -0.3 is 5.32 Å². The molecular weight excluding hydrogens is 381 g/mol. The number of halogens is 3. The Kier molecular flexibility index (Phi) is 4.95. The van der Waals surface area contributed by atoms with Gasteiger partial charge in [-0.3, -0.25) is 0 Å². The second-order valence-corrected chi connectivity index (χ2v) is 6.67. The first kappa shape index (κ1) is 14.2. The molecule has 1 atom stereocenters. The largest absolute Gasteiger partial charge is 0.312 e. The van der Waals surface area contributed by atoms with Crippen molar-refractivity contribution in [2.45, 2.75) is 12.5 Å². The van der Waals surface area contributed by atoms with Crippen molar-refractivity contribution >= 4 is 43.2 Å².